The lowest BCUT2D eigenvalue weighted by atomic mass is 10.1. The van der Waals surface area contributed by atoms with Crippen molar-refractivity contribution >= 4 is 23.0 Å². The zero-order valence-electron chi connectivity index (χ0n) is 12.6. The molecule has 2 aromatic heterocycles. The van der Waals surface area contributed by atoms with E-state index < -0.39 is 0 Å². The molecule has 2 aromatic rings. The fraction of sp³-hybridized carbons (Fsp3) is 0.353. The molecule has 0 aliphatic heterocycles. The van der Waals surface area contributed by atoms with E-state index in [0.717, 1.165) is 29.0 Å². The number of aromatic nitrogens is 1. The van der Waals surface area contributed by atoms with Crippen LogP contribution in [0.25, 0.3) is 0 Å². The summed E-state index contributed by atoms with van der Waals surface area (Å²) in [6.45, 7) is 1.87. The number of hydrogen-bond donors (Lipinski definition) is 1. The van der Waals surface area contributed by atoms with Crippen molar-refractivity contribution in [2.24, 2.45) is 5.10 Å². The number of hydrogen-bond acceptors (Lipinski definition) is 4. The Hall–Kier alpha value is -2.01. The van der Waals surface area contributed by atoms with Gasteiger partial charge in [0.15, 0.2) is 0 Å². The summed E-state index contributed by atoms with van der Waals surface area (Å²) < 4.78 is 0. The predicted molar refractivity (Wildman–Crippen MR) is 89.5 cm³/mol. The van der Waals surface area contributed by atoms with Crippen molar-refractivity contribution in [3.05, 3.63) is 51.5 Å². The smallest absolute Gasteiger partial charge is 0.266 e. The Labute approximate surface area is 134 Å². The van der Waals surface area contributed by atoms with Gasteiger partial charge in [-0.2, -0.15) is 5.10 Å². The van der Waals surface area contributed by atoms with Gasteiger partial charge in [0, 0.05) is 22.8 Å². The number of thiophene rings is 1. The standard InChI is InChI=1S/C17H19N3OS/c1-12(13-7-9-18-10-8-13)19-20-17(21)16-11-14-5-3-2-4-6-15(14)22-16/h7-11H,2-6H2,1H3,(H,20,21)/b19-12-. The van der Waals surface area contributed by atoms with Crippen LogP contribution in [0.15, 0.2) is 35.7 Å². The zero-order valence-corrected chi connectivity index (χ0v) is 13.4. The Morgan fingerprint density at radius 1 is 1.23 bits per heavy atom. The van der Waals surface area contributed by atoms with E-state index in [2.05, 4.69) is 15.5 Å². The number of amides is 1. The molecule has 0 radical (unpaired) electrons. The molecule has 0 aromatic carbocycles. The van der Waals surface area contributed by atoms with E-state index in [4.69, 9.17) is 0 Å². The molecule has 1 aliphatic rings. The SMILES string of the molecule is C/C(=N/NC(=O)c1cc2c(s1)CCCCC2)c1ccncc1. The summed E-state index contributed by atoms with van der Waals surface area (Å²) in [7, 11) is 0. The van der Waals surface area contributed by atoms with Gasteiger partial charge in [0.05, 0.1) is 10.6 Å². The number of rotatable bonds is 3. The van der Waals surface area contributed by atoms with Crippen molar-refractivity contribution in [1.29, 1.82) is 0 Å². The number of nitrogens with zero attached hydrogens (tertiary/aromatic N) is 2. The first kappa shape index (κ1) is 14.9. The summed E-state index contributed by atoms with van der Waals surface area (Å²) in [5.41, 5.74) is 5.74. The van der Waals surface area contributed by atoms with Crippen molar-refractivity contribution in [3.63, 3.8) is 0 Å². The number of aryl methyl sites for hydroxylation is 2. The fourth-order valence-corrected chi connectivity index (χ4v) is 3.77. The van der Waals surface area contributed by atoms with E-state index in [9.17, 15) is 4.79 Å². The molecule has 0 bridgehead atoms. The van der Waals surface area contributed by atoms with Crippen molar-refractivity contribution in [3.8, 4) is 0 Å². The molecule has 1 amide bonds. The highest BCUT2D eigenvalue weighted by Crippen LogP contribution is 2.28. The molecule has 4 nitrogen and oxygen atoms in total. The van der Waals surface area contributed by atoms with Crippen LogP contribution in [0.5, 0.6) is 0 Å². The quantitative estimate of drug-likeness (QED) is 0.535. The minimum Gasteiger partial charge on any atom is -0.266 e. The number of hydrazone groups is 1. The zero-order chi connectivity index (χ0) is 15.4. The lowest BCUT2D eigenvalue weighted by Crippen LogP contribution is -2.18. The van der Waals surface area contributed by atoms with Gasteiger partial charge >= 0.3 is 0 Å². The summed E-state index contributed by atoms with van der Waals surface area (Å²) in [6.07, 6.45) is 9.38. The van der Waals surface area contributed by atoms with E-state index in [1.54, 1.807) is 23.7 Å². The lowest BCUT2D eigenvalue weighted by molar-refractivity contribution is 0.0959. The van der Waals surface area contributed by atoms with Gasteiger partial charge in [-0.15, -0.1) is 11.3 Å². The number of carbonyl (C=O) groups excluding carboxylic acids is 1. The number of nitrogens with one attached hydrogen (secondary N) is 1. The second kappa shape index (κ2) is 6.83. The van der Waals surface area contributed by atoms with Crippen LogP contribution in [-0.2, 0) is 12.8 Å². The van der Waals surface area contributed by atoms with Crippen LogP contribution in [-0.4, -0.2) is 16.6 Å². The van der Waals surface area contributed by atoms with Gasteiger partial charge in [-0.1, -0.05) is 6.42 Å². The molecule has 0 saturated carbocycles. The molecule has 114 valence electrons. The van der Waals surface area contributed by atoms with Crippen LogP contribution >= 0.6 is 11.3 Å². The van der Waals surface area contributed by atoms with Gasteiger partial charge < -0.3 is 0 Å². The summed E-state index contributed by atoms with van der Waals surface area (Å²) >= 11 is 1.61. The molecule has 1 aliphatic carbocycles. The molecule has 22 heavy (non-hydrogen) atoms. The van der Waals surface area contributed by atoms with Crippen LogP contribution < -0.4 is 5.43 Å². The van der Waals surface area contributed by atoms with E-state index in [1.165, 1.54) is 29.7 Å². The van der Waals surface area contributed by atoms with Crippen LogP contribution in [0.2, 0.25) is 0 Å². The normalized spacial score (nSPS) is 15.0. The maximum Gasteiger partial charge on any atom is 0.281 e. The highest BCUT2D eigenvalue weighted by atomic mass is 32.1. The first-order valence-electron chi connectivity index (χ1n) is 7.60. The van der Waals surface area contributed by atoms with Gasteiger partial charge in [0.25, 0.3) is 5.91 Å². The molecule has 0 unspecified atom stereocenters. The minimum atomic E-state index is -0.119. The Morgan fingerprint density at radius 2 is 2.00 bits per heavy atom. The molecular weight excluding hydrogens is 294 g/mol. The second-order valence-electron chi connectivity index (χ2n) is 5.49. The third-order valence-corrected chi connectivity index (χ3v) is 5.13. The maximum atomic E-state index is 12.3. The predicted octanol–water partition coefficient (Wildman–Crippen LogP) is 3.57. The molecular formula is C17H19N3OS. The van der Waals surface area contributed by atoms with Crippen molar-refractivity contribution < 1.29 is 4.79 Å². The van der Waals surface area contributed by atoms with Crippen LogP contribution in [0, 0.1) is 0 Å². The van der Waals surface area contributed by atoms with Gasteiger partial charge in [0.2, 0.25) is 0 Å². The average molecular weight is 313 g/mol. The summed E-state index contributed by atoms with van der Waals surface area (Å²) in [6, 6.07) is 5.79. The highest BCUT2D eigenvalue weighted by Gasteiger charge is 2.16. The van der Waals surface area contributed by atoms with Crippen molar-refractivity contribution in [1.82, 2.24) is 10.4 Å². The molecule has 0 atom stereocenters. The lowest BCUT2D eigenvalue weighted by Gasteiger charge is -2.01. The Kier molecular flexibility index (Phi) is 4.63. The molecule has 1 N–H and O–H groups in total. The molecule has 5 heteroatoms. The third-order valence-electron chi connectivity index (χ3n) is 3.89. The maximum absolute atomic E-state index is 12.3. The van der Waals surface area contributed by atoms with E-state index >= 15 is 0 Å². The van der Waals surface area contributed by atoms with Gasteiger partial charge in [-0.05, 0) is 56.4 Å². The molecule has 2 heterocycles. The Morgan fingerprint density at radius 3 is 2.82 bits per heavy atom. The largest absolute Gasteiger partial charge is 0.281 e. The van der Waals surface area contributed by atoms with Gasteiger partial charge in [0.1, 0.15) is 0 Å². The number of pyridine rings is 1. The Balaban J connectivity index is 1.70. The highest BCUT2D eigenvalue weighted by molar-refractivity contribution is 7.14. The summed E-state index contributed by atoms with van der Waals surface area (Å²) in [4.78, 5) is 18.4. The average Bonchev–Trinajstić information content (AvgIpc) is 2.84. The first-order valence-corrected chi connectivity index (χ1v) is 8.42. The number of carbonyl (C=O) groups is 1. The molecule has 0 fully saturated rings. The summed E-state index contributed by atoms with van der Waals surface area (Å²) in [5, 5.41) is 4.19. The molecule has 0 saturated heterocycles. The monoisotopic (exact) mass is 313 g/mol. The topological polar surface area (TPSA) is 54.4 Å². The first-order chi connectivity index (χ1) is 10.7. The van der Waals surface area contributed by atoms with Gasteiger partial charge in [-0.25, -0.2) is 5.43 Å². The van der Waals surface area contributed by atoms with Crippen molar-refractivity contribution in [2.75, 3.05) is 0 Å². The van der Waals surface area contributed by atoms with Gasteiger partial charge in [-0.3, -0.25) is 9.78 Å². The van der Waals surface area contributed by atoms with Crippen molar-refractivity contribution in [2.45, 2.75) is 39.0 Å². The Bertz CT molecular complexity index is 668. The molecule has 3 rings (SSSR count). The van der Waals surface area contributed by atoms with E-state index in [0.29, 0.717) is 0 Å². The van der Waals surface area contributed by atoms with Crippen LogP contribution in [0.4, 0.5) is 0 Å². The second-order valence-corrected chi connectivity index (χ2v) is 6.63. The molecule has 0 spiro atoms. The minimum absolute atomic E-state index is 0.119. The van der Waals surface area contributed by atoms with E-state index in [-0.39, 0.29) is 5.91 Å². The fourth-order valence-electron chi connectivity index (χ4n) is 2.63. The summed E-state index contributed by atoms with van der Waals surface area (Å²) in [5.74, 6) is -0.119. The van der Waals surface area contributed by atoms with E-state index in [1.807, 2.05) is 25.1 Å². The van der Waals surface area contributed by atoms with Crippen LogP contribution in [0.1, 0.15) is 51.9 Å². The van der Waals surface area contributed by atoms with Crippen LogP contribution in [0.3, 0.4) is 0 Å². The number of fused-ring (bicyclic) bond motifs is 1. The third kappa shape index (κ3) is 3.42.